The van der Waals surface area contributed by atoms with Crippen molar-refractivity contribution in [2.45, 2.75) is 25.0 Å². The molecule has 0 amide bonds. The van der Waals surface area contributed by atoms with Gasteiger partial charge < -0.3 is 4.74 Å². The van der Waals surface area contributed by atoms with Crippen LogP contribution in [0.1, 0.15) is 34.6 Å². The van der Waals surface area contributed by atoms with E-state index in [0.29, 0.717) is 0 Å². The van der Waals surface area contributed by atoms with Gasteiger partial charge in [0.1, 0.15) is 0 Å². The van der Waals surface area contributed by atoms with Crippen molar-refractivity contribution in [1.29, 1.82) is 0 Å². The summed E-state index contributed by atoms with van der Waals surface area (Å²) in [5, 5.41) is 0. The van der Waals surface area contributed by atoms with Crippen molar-refractivity contribution in [2.75, 3.05) is 6.61 Å². The number of rotatable bonds is 4. The van der Waals surface area contributed by atoms with Crippen LogP contribution in [0.3, 0.4) is 0 Å². The fourth-order valence-corrected chi connectivity index (χ4v) is 3.24. The largest absolute Gasteiger partial charge is 0.373 e. The van der Waals surface area contributed by atoms with E-state index >= 15 is 0 Å². The molecule has 0 fully saturated rings. The minimum atomic E-state index is 0.0867. The predicted molar refractivity (Wildman–Crippen MR) is 75.6 cm³/mol. The van der Waals surface area contributed by atoms with Crippen LogP contribution in [0.4, 0.5) is 0 Å². The summed E-state index contributed by atoms with van der Waals surface area (Å²) in [6.07, 6.45) is 3.79. The van der Waals surface area contributed by atoms with Crippen LogP contribution >= 0.6 is 11.3 Å². The standard InChI is InChI=1S/C14H17N3OS/c15-17-12(14-8-16-9-19-14)7-13-11-4-2-1-3-10(11)5-6-18-13/h1-4,8-9,12-13,17H,5-7,15H2. The average Bonchev–Trinajstić information content (AvgIpc) is 2.99. The number of thiazole rings is 1. The number of nitrogens with one attached hydrogen (secondary N) is 1. The second-order valence-corrected chi connectivity index (χ2v) is 5.58. The Labute approximate surface area is 116 Å². The fourth-order valence-electron chi connectivity index (χ4n) is 2.55. The van der Waals surface area contributed by atoms with Crippen LogP contribution in [0, 0.1) is 0 Å². The molecule has 0 saturated heterocycles. The molecule has 0 bridgehead atoms. The zero-order chi connectivity index (χ0) is 13.1. The van der Waals surface area contributed by atoms with Crippen molar-refractivity contribution in [2.24, 2.45) is 5.84 Å². The maximum absolute atomic E-state index is 5.92. The molecule has 0 radical (unpaired) electrons. The van der Waals surface area contributed by atoms with Gasteiger partial charge in [0.25, 0.3) is 0 Å². The van der Waals surface area contributed by atoms with Crippen molar-refractivity contribution in [3.63, 3.8) is 0 Å². The smallest absolute Gasteiger partial charge is 0.0846 e. The van der Waals surface area contributed by atoms with E-state index in [4.69, 9.17) is 10.6 Å². The summed E-state index contributed by atoms with van der Waals surface area (Å²) in [5.41, 5.74) is 7.38. The molecule has 0 aliphatic carbocycles. The first-order valence-corrected chi connectivity index (χ1v) is 7.30. The summed E-state index contributed by atoms with van der Waals surface area (Å²) in [6, 6.07) is 8.58. The molecule has 1 aliphatic heterocycles. The van der Waals surface area contributed by atoms with Gasteiger partial charge in [-0.1, -0.05) is 24.3 Å². The highest BCUT2D eigenvalue weighted by Crippen LogP contribution is 2.34. The van der Waals surface area contributed by atoms with Gasteiger partial charge in [-0.2, -0.15) is 0 Å². The quantitative estimate of drug-likeness (QED) is 0.664. The molecule has 3 N–H and O–H groups in total. The molecule has 5 heteroatoms. The third-order valence-electron chi connectivity index (χ3n) is 3.54. The molecule has 3 rings (SSSR count). The van der Waals surface area contributed by atoms with Gasteiger partial charge in [0.2, 0.25) is 0 Å². The number of benzene rings is 1. The normalized spacial score (nSPS) is 19.9. The van der Waals surface area contributed by atoms with Gasteiger partial charge in [-0.3, -0.25) is 16.3 Å². The molecule has 2 heterocycles. The molecule has 19 heavy (non-hydrogen) atoms. The summed E-state index contributed by atoms with van der Waals surface area (Å²) >= 11 is 1.62. The van der Waals surface area contributed by atoms with E-state index in [-0.39, 0.29) is 12.1 Å². The maximum atomic E-state index is 5.92. The molecule has 0 saturated carbocycles. The molecule has 2 aromatic rings. The number of hydrogen-bond acceptors (Lipinski definition) is 5. The van der Waals surface area contributed by atoms with Crippen LogP contribution in [0.2, 0.25) is 0 Å². The monoisotopic (exact) mass is 275 g/mol. The number of nitrogens with two attached hydrogens (primary N) is 1. The Bertz CT molecular complexity index is 529. The summed E-state index contributed by atoms with van der Waals surface area (Å²) in [5.74, 6) is 5.67. The highest BCUT2D eigenvalue weighted by molar-refractivity contribution is 7.09. The topological polar surface area (TPSA) is 60.2 Å². The van der Waals surface area contributed by atoms with Crippen molar-refractivity contribution in [3.8, 4) is 0 Å². The van der Waals surface area contributed by atoms with Crippen LogP contribution in [0.15, 0.2) is 36.0 Å². The van der Waals surface area contributed by atoms with Crippen LogP contribution < -0.4 is 11.3 Å². The first-order valence-electron chi connectivity index (χ1n) is 6.42. The number of hydrazine groups is 1. The van der Waals surface area contributed by atoms with E-state index in [1.807, 2.05) is 11.7 Å². The minimum Gasteiger partial charge on any atom is -0.373 e. The highest BCUT2D eigenvalue weighted by atomic mass is 32.1. The first-order chi connectivity index (χ1) is 9.38. The number of nitrogens with zero attached hydrogens (tertiary/aromatic N) is 1. The minimum absolute atomic E-state index is 0.0867. The number of ether oxygens (including phenoxy) is 1. The number of fused-ring (bicyclic) bond motifs is 1. The summed E-state index contributed by atoms with van der Waals surface area (Å²) < 4.78 is 5.92. The summed E-state index contributed by atoms with van der Waals surface area (Å²) in [6.45, 7) is 0.779. The second kappa shape index (κ2) is 5.79. The lowest BCUT2D eigenvalue weighted by Gasteiger charge is -2.28. The number of hydrogen-bond donors (Lipinski definition) is 2. The van der Waals surface area contributed by atoms with Crippen LogP contribution in [-0.4, -0.2) is 11.6 Å². The molecule has 2 atom stereocenters. The van der Waals surface area contributed by atoms with Gasteiger partial charge in [-0.25, -0.2) is 0 Å². The Morgan fingerprint density at radius 1 is 1.47 bits per heavy atom. The maximum Gasteiger partial charge on any atom is 0.0846 e. The lowest BCUT2D eigenvalue weighted by Crippen LogP contribution is -2.30. The predicted octanol–water partition coefficient (Wildman–Crippen LogP) is 2.35. The highest BCUT2D eigenvalue weighted by Gasteiger charge is 2.24. The third-order valence-corrected chi connectivity index (χ3v) is 4.43. The van der Waals surface area contributed by atoms with Gasteiger partial charge in [-0.05, 0) is 24.0 Å². The number of aromatic nitrogens is 1. The van der Waals surface area contributed by atoms with Crippen LogP contribution in [-0.2, 0) is 11.2 Å². The third kappa shape index (κ3) is 2.69. The average molecular weight is 275 g/mol. The van der Waals surface area contributed by atoms with E-state index < -0.39 is 0 Å². The molecule has 0 spiro atoms. The Kier molecular flexibility index (Phi) is 3.89. The van der Waals surface area contributed by atoms with Gasteiger partial charge in [0, 0.05) is 11.1 Å². The Morgan fingerprint density at radius 2 is 2.37 bits per heavy atom. The van der Waals surface area contributed by atoms with Crippen molar-refractivity contribution >= 4 is 11.3 Å². The first kappa shape index (κ1) is 12.7. The Hall–Kier alpha value is -1.27. The Morgan fingerprint density at radius 3 is 3.16 bits per heavy atom. The molecule has 1 aromatic heterocycles. The second-order valence-electron chi connectivity index (χ2n) is 4.67. The summed E-state index contributed by atoms with van der Waals surface area (Å²) in [4.78, 5) is 5.26. The van der Waals surface area contributed by atoms with Crippen LogP contribution in [0.5, 0.6) is 0 Å². The molecular weight excluding hydrogens is 258 g/mol. The van der Waals surface area contributed by atoms with E-state index in [9.17, 15) is 0 Å². The fraction of sp³-hybridized carbons (Fsp3) is 0.357. The van der Waals surface area contributed by atoms with Gasteiger partial charge >= 0.3 is 0 Å². The van der Waals surface area contributed by atoms with E-state index in [1.54, 1.807) is 11.3 Å². The SMILES string of the molecule is NNC(CC1OCCc2ccccc21)c1cncs1. The molecule has 100 valence electrons. The van der Waals surface area contributed by atoms with Crippen molar-refractivity contribution in [3.05, 3.63) is 52.0 Å². The van der Waals surface area contributed by atoms with Gasteiger partial charge in [0.05, 0.1) is 24.3 Å². The molecule has 2 unspecified atom stereocenters. The molecule has 4 nitrogen and oxygen atoms in total. The molecular formula is C14H17N3OS. The van der Waals surface area contributed by atoms with Gasteiger partial charge in [0.15, 0.2) is 0 Å². The summed E-state index contributed by atoms with van der Waals surface area (Å²) in [7, 11) is 0. The van der Waals surface area contributed by atoms with E-state index in [2.05, 4.69) is 34.7 Å². The van der Waals surface area contributed by atoms with E-state index in [0.717, 1.165) is 24.3 Å². The van der Waals surface area contributed by atoms with Gasteiger partial charge in [-0.15, -0.1) is 11.3 Å². The lowest BCUT2D eigenvalue weighted by molar-refractivity contribution is 0.0295. The Balaban J connectivity index is 1.80. The molecule has 1 aromatic carbocycles. The van der Waals surface area contributed by atoms with Crippen molar-refractivity contribution in [1.82, 2.24) is 10.4 Å². The van der Waals surface area contributed by atoms with Crippen molar-refractivity contribution < 1.29 is 4.74 Å². The van der Waals surface area contributed by atoms with Crippen LogP contribution in [0.25, 0.3) is 0 Å². The zero-order valence-corrected chi connectivity index (χ0v) is 11.4. The zero-order valence-electron chi connectivity index (χ0n) is 10.6. The molecule has 1 aliphatic rings. The van der Waals surface area contributed by atoms with E-state index in [1.165, 1.54) is 11.1 Å². The lowest BCUT2D eigenvalue weighted by atomic mass is 9.93.